The van der Waals surface area contributed by atoms with E-state index < -0.39 is 0 Å². The van der Waals surface area contributed by atoms with Crippen molar-refractivity contribution in [3.63, 3.8) is 0 Å². The maximum Gasteiger partial charge on any atom is 0.139 e. The van der Waals surface area contributed by atoms with Gasteiger partial charge >= 0.3 is 0 Å². The van der Waals surface area contributed by atoms with Gasteiger partial charge in [0.05, 0.1) is 5.69 Å². The van der Waals surface area contributed by atoms with E-state index in [4.69, 9.17) is 17.3 Å². The Labute approximate surface area is 117 Å². The molecule has 0 fully saturated rings. The number of anilines is 1. The summed E-state index contributed by atoms with van der Waals surface area (Å²) in [7, 11) is 0. The smallest absolute Gasteiger partial charge is 0.139 e. The van der Waals surface area contributed by atoms with Crippen LogP contribution in [0.15, 0.2) is 50.7 Å². The number of para-hydroxylation sites is 1. The summed E-state index contributed by atoms with van der Waals surface area (Å²) >= 11 is 10.8. The van der Waals surface area contributed by atoms with Crippen LogP contribution in [0.25, 0.3) is 0 Å². The van der Waals surface area contributed by atoms with Crippen LogP contribution in [0.3, 0.4) is 0 Å². The monoisotopic (exact) mass is 329 g/mol. The zero-order chi connectivity index (χ0) is 12.4. The van der Waals surface area contributed by atoms with Crippen molar-refractivity contribution in [1.29, 1.82) is 0 Å². The lowest BCUT2D eigenvalue weighted by molar-refractivity contribution is 0.477. The van der Waals surface area contributed by atoms with Crippen LogP contribution < -0.4 is 5.73 Å². The van der Waals surface area contributed by atoms with Crippen LogP contribution in [0.1, 0.15) is 0 Å². The third-order valence-electron chi connectivity index (χ3n) is 2.16. The second-order valence-corrected chi connectivity index (χ2v) is 5.74. The van der Waals surface area contributed by atoms with Gasteiger partial charge in [-0.1, -0.05) is 29.4 Å². The predicted octanol–water partition coefficient (Wildman–Crippen LogP) is 4.54. The minimum Gasteiger partial charge on any atom is -0.506 e. The molecule has 2 rings (SSSR count). The average Bonchev–Trinajstić information content (AvgIpc) is 2.28. The highest BCUT2D eigenvalue weighted by Gasteiger charge is 2.08. The fourth-order valence-corrected chi connectivity index (χ4v) is 3.11. The van der Waals surface area contributed by atoms with Gasteiger partial charge in [0, 0.05) is 19.3 Å². The normalized spacial score (nSPS) is 10.5. The Morgan fingerprint density at radius 1 is 1.18 bits per heavy atom. The first-order chi connectivity index (χ1) is 8.08. The fraction of sp³-hybridized carbons (Fsp3) is 0. The summed E-state index contributed by atoms with van der Waals surface area (Å²) < 4.78 is 0.901. The van der Waals surface area contributed by atoms with Gasteiger partial charge in [-0.15, -0.1) is 0 Å². The van der Waals surface area contributed by atoms with Gasteiger partial charge in [0.2, 0.25) is 0 Å². The van der Waals surface area contributed by atoms with E-state index in [2.05, 4.69) is 15.9 Å². The SMILES string of the molecule is Nc1c(O)cccc1Sc1ccc(Cl)cc1Br. The molecule has 0 spiro atoms. The Kier molecular flexibility index (Phi) is 3.86. The lowest BCUT2D eigenvalue weighted by Crippen LogP contribution is -1.88. The number of benzene rings is 2. The molecule has 5 heteroatoms. The molecule has 0 aromatic heterocycles. The topological polar surface area (TPSA) is 46.2 Å². The Morgan fingerprint density at radius 3 is 2.65 bits per heavy atom. The summed E-state index contributed by atoms with van der Waals surface area (Å²) in [5, 5.41) is 10.2. The molecule has 0 amide bonds. The molecule has 17 heavy (non-hydrogen) atoms. The molecule has 88 valence electrons. The molecule has 0 aliphatic carbocycles. The van der Waals surface area contributed by atoms with E-state index in [1.807, 2.05) is 24.3 Å². The van der Waals surface area contributed by atoms with E-state index in [1.54, 1.807) is 12.1 Å². The third kappa shape index (κ3) is 2.89. The minimum atomic E-state index is 0.0973. The van der Waals surface area contributed by atoms with Crippen molar-refractivity contribution < 1.29 is 5.11 Å². The molecule has 2 nitrogen and oxygen atoms in total. The highest BCUT2D eigenvalue weighted by Crippen LogP contribution is 2.39. The van der Waals surface area contributed by atoms with E-state index in [9.17, 15) is 5.11 Å². The van der Waals surface area contributed by atoms with Gasteiger partial charge in [0.1, 0.15) is 5.75 Å². The van der Waals surface area contributed by atoms with Gasteiger partial charge in [-0.05, 0) is 46.3 Å². The van der Waals surface area contributed by atoms with Gasteiger partial charge in [-0.25, -0.2) is 0 Å². The van der Waals surface area contributed by atoms with Gasteiger partial charge < -0.3 is 10.8 Å². The number of rotatable bonds is 2. The second-order valence-electron chi connectivity index (χ2n) is 3.37. The number of phenols is 1. The van der Waals surface area contributed by atoms with Crippen molar-refractivity contribution >= 4 is 45.0 Å². The van der Waals surface area contributed by atoms with Crippen LogP contribution in [-0.2, 0) is 0 Å². The molecule has 2 aromatic rings. The van der Waals surface area contributed by atoms with Crippen molar-refractivity contribution in [1.82, 2.24) is 0 Å². The van der Waals surface area contributed by atoms with Crippen LogP contribution in [0.5, 0.6) is 5.75 Å². The molecule has 3 N–H and O–H groups in total. The van der Waals surface area contributed by atoms with E-state index >= 15 is 0 Å². The molecule has 0 aliphatic heterocycles. The molecule has 0 bridgehead atoms. The molecule has 0 saturated heterocycles. The van der Waals surface area contributed by atoms with Gasteiger partial charge in [0.15, 0.2) is 0 Å². The summed E-state index contributed by atoms with van der Waals surface area (Å²) in [6.07, 6.45) is 0. The first-order valence-electron chi connectivity index (χ1n) is 4.78. The number of hydrogen-bond acceptors (Lipinski definition) is 3. The van der Waals surface area contributed by atoms with Crippen LogP contribution in [0.4, 0.5) is 5.69 Å². The third-order valence-corrected chi connectivity index (χ3v) is 4.46. The zero-order valence-corrected chi connectivity index (χ0v) is 11.8. The molecule has 0 heterocycles. The summed E-state index contributed by atoms with van der Waals surface area (Å²) in [5.74, 6) is 0.0973. The van der Waals surface area contributed by atoms with E-state index in [0.717, 1.165) is 14.3 Å². The average molecular weight is 331 g/mol. The van der Waals surface area contributed by atoms with E-state index in [0.29, 0.717) is 10.7 Å². The molecule has 0 unspecified atom stereocenters. The molecule has 0 atom stereocenters. The van der Waals surface area contributed by atoms with Crippen molar-refractivity contribution in [2.75, 3.05) is 5.73 Å². The summed E-state index contributed by atoms with van der Waals surface area (Å²) in [4.78, 5) is 1.81. The first kappa shape index (κ1) is 12.6. The second kappa shape index (κ2) is 5.21. The van der Waals surface area contributed by atoms with E-state index in [-0.39, 0.29) is 5.75 Å². The van der Waals surface area contributed by atoms with E-state index in [1.165, 1.54) is 11.8 Å². The maximum absolute atomic E-state index is 9.52. The lowest BCUT2D eigenvalue weighted by atomic mass is 10.3. The molecular formula is C12H9BrClNOS. The zero-order valence-electron chi connectivity index (χ0n) is 8.65. The van der Waals surface area contributed by atoms with Crippen LogP contribution in [-0.4, -0.2) is 5.11 Å². The molecule has 2 aromatic carbocycles. The number of aromatic hydroxyl groups is 1. The highest BCUT2D eigenvalue weighted by molar-refractivity contribution is 9.10. The molecular weight excluding hydrogens is 322 g/mol. The number of nitrogen functional groups attached to an aromatic ring is 1. The van der Waals surface area contributed by atoms with Crippen LogP contribution >= 0.6 is 39.3 Å². The Bertz CT molecular complexity index is 562. The molecule has 0 radical (unpaired) electrons. The highest BCUT2D eigenvalue weighted by atomic mass is 79.9. The largest absolute Gasteiger partial charge is 0.506 e. The van der Waals surface area contributed by atoms with Gasteiger partial charge in [-0.2, -0.15) is 0 Å². The van der Waals surface area contributed by atoms with Crippen molar-refractivity contribution in [3.05, 3.63) is 45.9 Å². The Hall–Kier alpha value is -0.840. The number of phenolic OH excluding ortho intramolecular Hbond substituents is 1. The Balaban J connectivity index is 2.35. The summed E-state index contributed by atoms with van der Waals surface area (Å²) in [6, 6.07) is 10.7. The summed E-state index contributed by atoms with van der Waals surface area (Å²) in [6.45, 7) is 0. The fourth-order valence-electron chi connectivity index (χ4n) is 1.30. The van der Waals surface area contributed by atoms with Gasteiger partial charge in [-0.3, -0.25) is 0 Å². The van der Waals surface area contributed by atoms with Crippen LogP contribution in [0.2, 0.25) is 5.02 Å². The number of hydrogen-bond donors (Lipinski definition) is 2. The van der Waals surface area contributed by atoms with Crippen LogP contribution in [0, 0.1) is 0 Å². The van der Waals surface area contributed by atoms with Crippen molar-refractivity contribution in [3.8, 4) is 5.75 Å². The number of halogens is 2. The Morgan fingerprint density at radius 2 is 1.94 bits per heavy atom. The quantitative estimate of drug-likeness (QED) is 0.627. The molecule has 0 aliphatic rings. The number of nitrogens with two attached hydrogens (primary N) is 1. The summed E-state index contributed by atoms with van der Waals surface area (Å²) in [5.41, 5.74) is 6.19. The lowest BCUT2D eigenvalue weighted by Gasteiger charge is -2.08. The molecule has 0 saturated carbocycles. The standard InChI is InChI=1S/C12H9BrClNOS/c13-8-6-7(14)4-5-10(8)17-11-3-1-2-9(16)12(11)15/h1-6,16H,15H2. The maximum atomic E-state index is 9.52. The minimum absolute atomic E-state index is 0.0973. The predicted molar refractivity (Wildman–Crippen MR) is 75.8 cm³/mol. The van der Waals surface area contributed by atoms with Crippen molar-refractivity contribution in [2.24, 2.45) is 0 Å². The van der Waals surface area contributed by atoms with Crippen molar-refractivity contribution in [2.45, 2.75) is 9.79 Å². The van der Waals surface area contributed by atoms with Gasteiger partial charge in [0.25, 0.3) is 0 Å². The first-order valence-corrected chi connectivity index (χ1v) is 6.77.